The maximum absolute atomic E-state index is 13.5. The van der Waals surface area contributed by atoms with Gasteiger partial charge in [0.2, 0.25) is 5.43 Å². The van der Waals surface area contributed by atoms with Crippen molar-refractivity contribution in [2.75, 3.05) is 18.5 Å². The van der Waals surface area contributed by atoms with Gasteiger partial charge in [-0.3, -0.25) is 10.1 Å². The molecule has 4 heterocycles. The number of rotatable bonds is 8. The zero-order chi connectivity index (χ0) is 31.6. The first-order valence-corrected chi connectivity index (χ1v) is 14.9. The van der Waals surface area contributed by atoms with Crippen LogP contribution < -0.4 is 16.1 Å². The normalized spacial score (nSPS) is 14.2. The number of hydrogen-bond acceptors (Lipinski definition) is 7. The molecule has 1 fully saturated rings. The van der Waals surface area contributed by atoms with Crippen LogP contribution in [0.4, 0.5) is 23.8 Å². The number of carboxylic acid groups (broad SMARTS) is 1. The minimum Gasteiger partial charge on any atom is -0.477 e. The molecule has 0 spiro atoms. The first kappa shape index (κ1) is 31.1. The largest absolute Gasteiger partial charge is 0.477 e. The molecule has 0 radical (unpaired) electrons. The molecule has 1 aliphatic heterocycles. The Morgan fingerprint density at radius 3 is 2.59 bits per heavy atom. The van der Waals surface area contributed by atoms with Crippen LogP contribution in [0.1, 0.15) is 49.2 Å². The van der Waals surface area contributed by atoms with Crippen LogP contribution in [-0.4, -0.2) is 50.9 Å². The van der Waals surface area contributed by atoms with Gasteiger partial charge in [-0.05, 0) is 62.8 Å². The van der Waals surface area contributed by atoms with Gasteiger partial charge in [-0.15, -0.1) is 11.3 Å². The second kappa shape index (κ2) is 12.7. The summed E-state index contributed by atoms with van der Waals surface area (Å²) in [6.07, 6.45) is 0.625. The van der Waals surface area contributed by atoms with Gasteiger partial charge in [0.1, 0.15) is 16.4 Å². The van der Waals surface area contributed by atoms with Crippen LogP contribution in [-0.2, 0) is 17.5 Å². The lowest BCUT2D eigenvalue weighted by Crippen LogP contribution is -2.34. The van der Waals surface area contributed by atoms with Crippen molar-refractivity contribution in [1.82, 2.24) is 19.9 Å². The lowest BCUT2D eigenvalue weighted by Gasteiger charge is -2.23. The van der Waals surface area contributed by atoms with Gasteiger partial charge in [0.15, 0.2) is 5.69 Å². The van der Waals surface area contributed by atoms with Crippen molar-refractivity contribution in [2.45, 2.75) is 51.9 Å². The summed E-state index contributed by atoms with van der Waals surface area (Å²) in [5, 5.41) is 16.1. The highest BCUT2D eigenvalue weighted by atomic mass is 32.1. The molecule has 3 N–H and O–H groups in total. The van der Waals surface area contributed by atoms with Gasteiger partial charge in [-0.25, -0.2) is 19.6 Å². The first-order chi connectivity index (χ1) is 20.9. The molecular formula is C30H30F3N5O5S. The van der Waals surface area contributed by atoms with Crippen LogP contribution in [0, 0.1) is 5.92 Å². The minimum absolute atomic E-state index is 0.0558. The Balaban J connectivity index is 1.62. The molecule has 3 aromatic heterocycles. The van der Waals surface area contributed by atoms with Crippen molar-refractivity contribution < 1.29 is 32.6 Å². The number of alkyl halides is 3. The second-order valence-corrected chi connectivity index (χ2v) is 11.7. The fourth-order valence-corrected chi connectivity index (χ4v) is 5.98. The van der Waals surface area contributed by atoms with E-state index in [9.17, 15) is 32.7 Å². The highest BCUT2D eigenvalue weighted by molar-refractivity contribution is 7.13. The number of fused-ring (bicyclic) bond motifs is 1. The van der Waals surface area contributed by atoms with Crippen molar-refractivity contribution in [3.05, 3.63) is 63.5 Å². The number of aromatic nitrogens is 3. The predicted octanol–water partition coefficient (Wildman–Crippen LogP) is 6.25. The molecule has 1 aromatic carbocycles. The van der Waals surface area contributed by atoms with Crippen LogP contribution in [0.2, 0.25) is 0 Å². The van der Waals surface area contributed by atoms with Gasteiger partial charge in [-0.2, -0.15) is 13.2 Å². The van der Waals surface area contributed by atoms with Gasteiger partial charge >= 0.3 is 18.2 Å². The molecule has 0 saturated carbocycles. The average Bonchev–Trinajstić information content (AvgIpc) is 3.48. The lowest BCUT2D eigenvalue weighted by atomic mass is 9.96. The highest BCUT2D eigenvalue weighted by Crippen LogP contribution is 2.39. The summed E-state index contributed by atoms with van der Waals surface area (Å²) >= 11 is 0.797. The number of benzene rings is 1. The lowest BCUT2D eigenvalue weighted by molar-refractivity contribution is -0.140. The summed E-state index contributed by atoms with van der Waals surface area (Å²) < 4.78 is 47.5. The topological polar surface area (TPSA) is 135 Å². The van der Waals surface area contributed by atoms with E-state index in [4.69, 9.17) is 4.74 Å². The van der Waals surface area contributed by atoms with Crippen molar-refractivity contribution in [1.29, 1.82) is 0 Å². The number of pyridine rings is 2. The average molecular weight is 630 g/mol. The summed E-state index contributed by atoms with van der Waals surface area (Å²) in [5.74, 6) is -0.849. The molecule has 0 aliphatic carbocycles. The monoisotopic (exact) mass is 629 g/mol. The summed E-state index contributed by atoms with van der Waals surface area (Å²) in [6, 6.07) is 5.56. The zero-order valence-electron chi connectivity index (χ0n) is 23.9. The number of anilines is 1. The van der Waals surface area contributed by atoms with Gasteiger partial charge in [0, 0.05) is 60.1 Å². The third-order valence-corrected chi connectivity index (χ3v) is 8.21. The van der Waals surface area contributed by atoms with Crippen LogP contribution in [0.5, 0.6) is 0 Å². The maximum atomic E-state index is 13.5. The molecule has 0 unspecified atom stereocenters. The van der Waals surface area contributed by atoms with Gasteiger partial charge in [0.25, 0.3) is 0 Å². The molecule has 14 heteroatoms. The quantitative estimate of drug-likeness (QED) is 0.210. The van der Waals surface area contributed by atoms with Crippen molar-refractivity contribution >= 4 is 40.1 Å². The molecule has 0 bridgehead atoms. The van der Waals surface area contributed by atoms with E-state index in [0.717, 1.165) is 36.0 Å². The Labute approximate surface area is 253 Å². The number of carbonyl (C=O) groups excluding carboxylic acids is 1. The number of nitrogens with one attached hydrogen (secondary N) is 2. The van der Waals surface area contributed by atoms with Crippen LogP contribution in [0.25, 0.3) is 32.6 Å². The van der Waals surface area contributed by atoms with E-state index in [2.05, 4.69) is 20.6 Å². The van der Waals surface area contributed by atoms with Gasteiger partial charge < -0.3 is 19.7 Å². The standard InChI is InChI=1S/C30H30F3N5O5S/c1-16(2)35-29(42)37-25-12-20(27-36-24(15-44-27)30(31,32)33)21(13-34-25)18-3-4-19-23(11-18)38(14-22(26(19)39)28(40)41)8-5-17-6-9-43-10-7-17/h3-4,11-17H,5-10H2,1-2H3,(H,40,41)(H2,34,35,37,42). The summed E-state index contributed by atoms with van der Waals surface area (Å²) in [4.78, 5) is 45.5. The predicted molar refractivity (Wildman–Crippen MR) is 160 cm³/mol. The number of ether oxygens (including phenoxy) is 1. The summed E-state index contributed by atoms with van der Waals surface area (Å²) in [6.45, 7) is 5.32. The van der Waals surface area contributed by atoms with Crippen molar-refractivity contribution in [2.24, 2.45) is 5.92 Å². The fraction of sp³-hybridized carbons (Fsp3) is 0.367. The molecule has 1 aliphatic rings. The fourth-order valence-electron chi connectivity index (χ4n) is 5.12. The number of aryl methyl sites for hydroxylation is 1. The van der Waals surface area contributed by atoms with Crippen LogP contribution in [0.3, 0.4) is 0 Å². The van der Waals surface area contributed by atoms with Crippen LogP contribution >= 0.6 is 11.3 Å². The van der Waals surface area contributed by atoms with E-state index in [1.54, 1.807) is 30.5 Å². The number of hydrogen-bond donors (Lipinski definition) is 3. The Morgan fingerprint density at radius 1 is 1.18 bits per heavy atom. The Kier molecular flexibility index (Phi) is 9.02. The summed E-state index contributed by atoms with van der Waals surface area (Å²) in [7, 11) is 0. The van der Waals surface area contributed by atoms with Crippen molar-refractivity contribution in [3.8, 4) is 21.7 Å². The molecule has 44 heavy (non-hydrogen) atoms. The second-order valence-electron chi connectivity index (χ2n) is 10.9. The van der Waals surface area contributed by atoms with Crippen LogP contribution in [0.15, 0.2) is 46.8 Å². The molecule has 4 aromatic rings. The Bertz CT molecular complexity index is 1760. The molecule has 10 nitrogen and oxygen atoms in total. The van der Waals surface area contributed by atoms with E-state index < -0.39 is 29.3 Å². The zero-order valence-corrected chi connectivity index (χ0v) is 24.7. The number of carbonyl (C=O) groups is 2. The molecular weight excluding hydrogens is 599 g/mol. The van der Waals surface area contributed by atoms with Crippen molar-refractivity contribution in [3.63, 3.8) is 0 Å². The number of amides is 2. The van der Waals surface area contributed by atoms with Gasteiger partial charge in [0.05, 0.1) is 5.52 Å². The van der Waals surface area contributed by atoms with E-state index in [1.165, 1.54) is 24.5 Å². The summed E-state index contributed by atoms with van der Waals surface area (Å²) in [5.41, 5.74) is -0.335. The molecule has 1 saturated heterocycles. The van der Waals surface area contributed by atoms with Gasteiger partial charge in [-0.1, -0.05) is 6.07 Å². The van der Waals surface area contributed by atoms with E-state index in [0.29, 0.717) is 42.3 Å². The third-order valence-electron chi connectivity index (χ3n) is 7.33. The minimum atomic E-state index is -4.65. The number of nitrogens with zero attached hydrogens (tertiary/aromatic N) is 3. The Morgan fingerprint density at radius 2 is 1.93 bits per heavy atom. The van der Waals surface area contributed by atoms with E-state index >= 15 is 0 Å². The Hall–Kier alpha value is -4.30. The number of carboxylic acids is 1. The molecule has 2 amide bonds. The first-order valence-electron chi connectivity index (χ1n) is 14.0. The molecule has 0 atom stereocenters. The maximum Gasteiger partial charge on any atom is 0.434 e. The SMILES string of the molecule is CC(C)NC(=O)Nc1cc(-c2nc(C(F)(F)F)cs2)c(-c2ccc3c(=O)c(C(=O)O)cn(CCC4CCOCC4)c3c2)cn1. The van der Waals surface area contributed by atoms with E-state index in [-0.39, 0.29) is 33.4 Å². The molecule has 232 valence electrons. The number of aromatic carboxylic acids is 1. The number of halogens is 3. The number of urea groups is 1. The number of thiazole rings is 1. The van der Waals surface area contributed by atoms with E-state index in [1.807, 2.05) is 0 Å². The molecule has 5 rings (SSSR count). The smallest absolute Gasteiger partial charge is 0.434 e. The highest BCUT2D eigenvalue weighted by Gasteiger charge is 2.34. The third kappa shape index (κ3) is 6.91.